The minimum Gasteiger partial charge on any atom is -0.383 e. The Morgan fingerprint density at radius 2 is 2.33 bits per heavy atom. The van der Waals surface area contributed by atoms with Gasteiger partial charge in [-0.05, 0) is 6.54 Å². The molecule has 1 N–H and O–H groups in total. The number of rotatable bonds is 9. The van der Waals surface area contributed by atoms with Crippen molar-refractivity contribution in [3.63, 3.8) is 0 Å². The van der Waals surface area contributed by atoms with Gasteiger partial charge in [-0.15, -0.1) is 6.58 Å². The lowest BCUT2D eigenvalue weighted by Gasteiger charge is -2.20. The minimum atomic E-state index is 0.146. The summed E-state index contributed by atoms with van der Waals surface area (Å²) in [6.07, 6.45) is 2.27. The highest BCUT2D eigenvalue weighted by Crippen LogP contribution is 1.94. The number of hydrogen-bond donors (Lipinski definition) is 1. The van der Waals surface area contributed by atoms with Crippen LogP contribution in [0.1, 0.15) is 13.3 Å². The van der Waals surface area contributed by atoms with Gasteiger partial charge in [0.25, 0.3) is 0 Å². The summed E-state index contributed by atoms with van der Waals surface area (Å²) >= 11 is 0. The van der Waals surface area contributed by atoms with Crippen LogP contribution in [0.2, 0.25) is 0 Å². The van der Waals surface area contributed by atoms with E-state index in [0.717, 1.165) is 13.1 Å². The molecule has 0 aliphatic heterocycles. The summed E-state index contributed by atoms with van der Waals surface area (Å²) in [5, 5.41) is 3.13. The highest BCUT2D eigenvalue weighted by molar-refractivity contribution is 5.76. The van der Waals surface area contributed by atoms with Gasteiger partial charge in [-0.3, -0.25) is 4.79 Å². The Hall–Kier alpha value is -0.870. The first kappa shape index (κ1) is 14.1. The molecular weight excluding hydrogens is 192 g/mol. The van der Waals surface area contributed by atoms with Crippen molar-refractivity contribution >= 4 is 5.91 Å². The Bertz CT molecular complexity index is 183. The average molecular weight is 214 g/mol. The molecule has 0 aromatic carbocycles. The molecule has 0 atom stereocenters. The Morgan fingerprint density at radius 3 is 2.87 bits per heavy atom. The third kappa shape index (κ3) is 7.11. The summed E-state index contributed by atoms with van der Waals surface area (Å²) < 4.78 is 4.95. The number of amides is 1. The molecule has 0 saturated heterocycles. The van der Waals surface area contributed by atoms with Crippen LogP contribution in [0.25, 0.3) is 0 Å². The zero-order chi connectivity index (χ0) is 11.5. The van der Waals surface area contributed by atoms with E-state index in [0.29, 0.717) is 26.1 Å². The lowest BCUT2D eigenvalue weighted by molar-refractivity contribution is -0.131. The molecule has 0 aromatic rings. The van der Waals surface area contributed by atoms with Crippen molar-refractivity contribution in [3.8, 4) is 0 Å². The van der Waals surface area contributed by atoms with Crippen molar-refractivity contribution in [2.45, 2.75) is 13.3 Å². The number of nitrogens with one attached hydrogen (secondary N) is 1. The zero-order valence-corrected chi connectivity index (χ0v) is 9.79. The number of nitrogens with zero attached hydrogens (tertiary/aromatic N) is 1. The maximum atomic E-state index is 11.7. The van der Waals surface area contributed by atoms with E-state index in [1.54, 1.807) is 18.1 Å². The number of carbonyl (C=O) groups is 1. The molecule has 0 spiro atoms. The maximum Gasteiger partial charge on any atom is 0.224 e. The molecule has 0 unspecified atom stereocenters. The van der Waals surface area contributed by atoms with Gasteiger partial charge in [0.05, 0.1) is 6.61 Å². The first-order valence-electron chi connectivity index (χ1n) is 5.34. The zero-order valence-electron chi connectivity index (χ0n) is 9.79. The van der Waals surface area contributed by atoms with Crippen LogP contribution in [-0.4, -0.2) is 50.7 Å². The molecular formula is C11H22N2O2. The third-order valence-electron chi connectivity index (χ3n) is 2.03. The minimum absolute atomic E-state index is 0.146. The SMILES string of the molecule is C=CCN(CCOC)C(=O)CCNCC. The standard InChI is InChI=1S/C11H22N2O2/c1-4-8-13(9-10-15-3)11(14)6-7-12-5-2/h4,12H,1,5-10H2,2-3H3. The average Bonchev–Trinajstić information content (AvgIpc) is 2.24. The van der Waals surface area contributed by atoms with Crippen molar-refractivity contribution in [3.05, 3.63) is 12.7 Å². The maximum absolute atomic E-state index is 11.7. The van der Waals surface area contributed by atoms with Gasteiger partial charge in [-0.25, -0.2) is 0 Å². The second-order valence-electron chi connectivity index (χ2n) is 3.22. The monoisotopic (exact) mass is 214 g/mol. The van der Waals surface area contributed by atoms with Gasteiger partial charge in [0.1, 0.15) is 0 Å². The third-order valence-corrected chi connectivity index (χ3v) is 2.03. The van der Waals surface area contributed by atoms with Gasteiger partial charge >= 0.3 is 0 Å². The fraction of sp³-hybridized carbons (Fsp3) is 0.727. The van der Waals surface area contributed by atoms with E-state index in [9.17, 15) is 4.79 Å². The largest absolute Gasteiger partial charge is 0.383 e. The second kappa shape index (κ2) is 9.68. The first-order chi connectivity index (χ1) is 7.26. The van der Waals surface area contributed by atoms with E-state index in [1.165, 1.54) is 0 Å². The normalized spacial score (nSPS) is 10.0. The molecule has 1 amide bonds. The van der Waals surface area contributed by atoms with Crippen LogP contribution in [0.3, 0.4) is 0 Å². The smallest absolute Gasteiger partial charge is 0.224 e. The molecule has 0 rings (SSSR count). The van der Waals surface area contributed by atoms with Crippen molar-refractivity contribution in [2.75, 3.05) is 39.9 Å². The quantitative estimate of drug-likeness (QED) is 0.452. The van der Waals surface area contributed by atoms with Gasteiger partial charge in [0.2, 0.25) is 5.91 Å². The summed E-state index contributed by atoms with van der Waals surface area (Å²) in [5.74, 6) is 0.146. The molecule has 0 radical (unpaired) electrons. The molecule has 0 aromatic heterocycles. The van der Waals surface area contributed by atoms with Gasteiger partial charge in [-0.2, -0.15) is 0 Å². The Balaban J connectivity index is 3.86. The number of methoxy groups -OCH3 is 1. The second-order valence-corrected chi connectivity index (χ2v) is 3.22. The van der Waals surface area contributed by atoms with Crippen LogP contribution < -0.4 is 5.32 Å². The first-order valence-corrected chi connectivity index (χ1v) is 5.34. The predicted molar refractivity (Wildman–Crippen MR) is 61.8 cm³/mol. The van der Waals surface area contributed by atoms with Gasteiger partial charge in [0, 0.05) is 33.2 Å². The molecule has 0 heterocycles. The molecule has 0 aliphatic rings. The van der Waals surface area contributed by atoms with E-state index in [-0.39, 0.29) is 5.91 Å². The summed E-state index contributed by atoms with van der Waals surface area (Å²) in [6, 6.07) is 0. The lowest BCUT2D eigenvalue weighted by atomic mass is 10.3. The molecule has 0 bridgehead atoms. The Morgan fingerprint density at radius 1 is 1.60 bits per heavy atom. The molecule has 88 valence electrons. The summed E-state index contributed by atoms with van der Waals surface area (Å²) in [6.45, 7) is 9.08. The summed E-state index contributed by atoms with van der Waals surface area (Å²) in [7, 11) is 1.63. The topological polar surface area (TPSA) is 41.6 Å². The van der Waals surface area contributed by atoms with Crippen LogP contribution in [0.4, 0.5) is 0 Å². The predicted octanol–water partition coefficient (Wildman–Crippen LogP) is 0.647. The van der Waals surface area contributed by atoms with Gasteiger partial charge in [0.15, 0.2) is 0 Å². The fourth-order valence-electron chi connectivity index (χ4n) is 1.21. The number of carbonyl (C=O) groups excluding carboxylic acids is 1. The van der Waals surface area contributed by atoms with Crippen molar-refractivity contribution in [1.82, 2.24) is 10.2 Å². The van der Waals surface area contributed by atoms with Crippen molar-refractivity contribution < 1.29 is 9.53 Å². The van der Waals surface area contributed by atoms with Crippen LogP contribution in [0, 0.1) is 0 Å². The highest BCUT2D eigenvalue weighted by atomic mass is 16.5. The number of hydrogen-bond acceptors (Lipinski definition) is 3. The molecule has 0 fully saturated rings. The summed E-state index contributed by atoms with van der Waals surface area (Å²) in [4.78, 5) is 13.5. The van der Waals surface area contributed by atoms with Crippen LogP contribution >= 0.6 is 0 Å². The van der Waals surface area contributed by atoms with Crippen LogP contribution in [-0.2, 0) is 9.53 Å². The van der Waals surface area contributed by atoms with E-state index in [1.807, 2.05) is 6.92 Å². The summed E-state index contributed by atoms with van der Waals surface area (Å²) in [5.41, 5.74) is 0. The van der Waals surface area contributed by atoms with E-state index in [4.69, 9.17) is 4.74 Å². The lowest BCUT2D eigenvalue weighted by Crippen LogP contribution is -2.35. The van der Waals surface area contributed by atoms with Crippen LogP contribution in [0.15, 0.2) is 12.7 Å². The molecule has 0 aliphatic carbocycles. The van der Waals surface area contributed by atoms with Crippen LogP contribution in [0.5, 0.6) is 0 Å². The number of ether oxygens (including phenoxy) is 1. The Labute approximate surface area is 92.3 Å². The molecule has 4 heteroatoms. The van der Waals surface area contributed by atoms with Crippen molar-refractivity contribution in [2.24, 2.45) is 0 Å². The molecule has 4 nitrogen and oxygen atoms in total. The molecule has 15 heavy (non-hydrogen) atoms. The van der Waals surface area contributed by atoms with Crippen molar-refractivity contribution in [1.29, 1.82) is 0 Å². The van der Waals surface area contributed by atoms with Gasteiger partial charge < -0.3 is 15.0 Å². The van der Waals surface area contributed by atoms with E-state index in [2.05, 4.69) is 11.9 Å². The highest BCUT2D eigenvalue weighted by Gasteiger charge is 2.10. The molecule has 0 saturated carbocycles. The Kier molecular flexibility index (Phi) is 9.11. The van der Waals surface area contributed by atoms with E-state index >= 15 is 0 Å². The van der Waals surface area contributed by atoms with E-state index < -0.39 is 0 Å². The fourth-order valence-corrected chi connectivity index (χ4v) is 1.21. The van der Waals surface area contributed by atoms with Gasteiger partial charge in [-0.1, -0.05) is 13.0 Å².